The molecule has 64 heavy (non-hydrogen) atoms. The van der Waals surface area contributed by atoms with Gasteiger partial charge in [-0.2, -0.15) is 0 Å². The van der Waals surface area contributed by atoms with Crippen molar-refractivity contribution in [3.63, 3.8) is 0 Å². The van der Waals surface area contributed by atoms with Crippen LogP contribution in [-0.2, 0) is 28.5 Å². The number of fused-ring (bicyclic) bond motifs is 4. The summed E-state index contributed by atoms with van der Waals surface area (Å²) in [5, 5.41) is 19.9. The molecule has 0 bridgehead atoms. The second kappa shape index (κ2) is 22.7. The van der Waals surface area contributed by atoms with Crippen LogP contribution in [0.25, 0.3) is 0 Å². The quantitative estimate of drug-likeness (QED) is 0.0945. The number of hydrogen-bond donors (Lipinski definition) is 2. The Hall–Kier alpha value is -6.54. The van der Waals surface area contributed by atoms with Crippen molar-refractivity contribution in [2.24, 2.45) is 0 Å². The summed E-state index contributed by atoms with van der Waals surface area (Å²) in [6.45, 7) is 8.38. The molecule has 6 rings (SSSR count). The van der Waals surface area contributed by atoms with Crippen molar-refractivity contribution in [3.8, 4) is 23.0 Å². The van der Waals surface area contributed by atoms with Crippen LogP contribution in [0.1, 0.15) is 72.1 Å². The van der Waals surface area contributed by atoms with Gasteiger partial charge in [0.2, 0.25) is 0 Å². The molecule has 0 unspecified atom stereocenters. The van der Waals surface area contributed by atoms with Crippen LogP contribution in [0.15, 0.2) is 49.6 Å². The van der Waals surface area contributed by atoms with E-state index in [-0.39, 0.29) is 104 Å². The number of nitrogens with zero attached hydrogens (tertiary/aromatic N) is 4. The van der Waals surface area contributed by atoms with Crippen LogP contribution in [0.2, 0.25) is 0 Å². The molecule has 0 saturated carbocycles. The lowest BCUT2D eigenvalue weighted by Gasteiger charge is -2.34. The van der Waals surface area contributed by atoms with Gasteiger partial charge in [0.15, 0.2) is 35.5 Å². The molecular formula is C44H56N4O16. The molecule has 2 fully saturated rings. The fourth-order valence-electron chi connectivity index (χ4n) is 7.99. The van der Waals surface area contributed by atoms with E-state index < -0.39 is 36.7 Å². The van der Waals surface area contributed by atoms with Crippen molar-refractivity contribution in [1.29, 1.82) is 0 Å². The molecule has 4 atom stereocenters. The number of anilines is 2. The van der Waals surface area contributed by atoms with Gasteiger partial charge in [0.25, 0.3) is 11.8 Å². The SMILES string of the molecule is C=CCOC(=O)N1c2cc(OCCCC(=O)O)c(OC)cc2C(=O)N2CCC[C@H]2[C@@H]1OC.C=CCOC(=O)N1c2cc(OCCCC(=O)OC)c(OC)cc2C(=O)N2CCC[C@H]2[C@@H]1O. The van der Waals surface area contributed by atoms with Gasteiger partial charge in [-0.25, -0.2) is 19.4 Å². The Morgan fingerprint density at radius 3 is 1.67 bits per heavy atom. The van der Waals surface area contributed by atoms with Crippen LogP contribution in [0.5, 0.6) is 23.0 Å². The number of esters is 1. The molecule has 2 saturated heterocycles. The number of carboxylic acid groups (broad SMARTS) is 1. The zero-order valence-electron chi connectivity index (χ0n) is 36.5. The maximum atomic E-state index is 13.4. The van der Waals surface area contributed by atoms with E-state index in [1.54, 1.807) is 9.80 Å². The largest absolute Gasteiger partial charge is 0.493 e. The molecule has 2 N–H and O–H groups in total. The van der Waals surface area contributed by atoms with Gasteiger partial charge in [0.1, 0.15) is 13.2 Å². The Morgan fingerprint density at radius 1 is 0.703 bits per heavy atom. The minimum absolute atomic E-state index is 0.00186. The molecule has 4 heterocycles. The standard InChI is InChI=1S/2C22H28N2O8/c1-4-10-32-22(28)24-16-13-18(31-11-6-8-19(25)30-3)17(29-2)12-14(16)20(26)23-9-5-7-15(23)21(24)27;1-4-10-32-22(28)24-16-13-18(31-11-6-8-19(25)26)17(29-2)12-14(16)20(27)23-9-5-7-15(23)21(24)30-3/h4,12-13,15,21,27H,1,5-11H2,2-3H3;4,12-13,15,21H,1,5-11H2,2-3H3,(H,25,26)/t2*15-,21-/m00/s1. The van der Waals surface area contributed by atoms with Gasteiger partial charge in [-0.15, -0.1) is 0 Å². The van der Waals surface area contributed by atoms with Crippen molar-refractivity contribution >= 4 is 47.3 Å². The van der Waals surface area contributed by atoms with Gasteiger partial charge in [-0.05, 0) is 50.7 Å². The van der Waals surface area contributed by atoms with Crippen LogP contribution in [0.3, 0.4) is 0 Å². The summed E-state index contributed by atoms with van der Waals surface area (Å²) in [5.74, 6) is -0.682. The lowest BCUT2D eigenvalue weighted by Crippen LogP contribution is -2.52. The summed E-state index contributed by atoms with van der Waals surface area (Å²) in [6, 6.07) is 5.16. The summed E-state index contributed by atoms with van der Waals surface area (Å²) in [4.78, 5) is 80.3. The van der Waals surface area contributed by atoms with E-state index in [2.05, 4.69) is 17.9 Å². The van der Waals surface area contributed by atoms with E-state index in [9.17, 15) is 33.9 Å². The zero-order valence-corrected chi connectivity index (χ0v) is 36.5. The summed E-state index contributed by atoms with van der Waals surface area (Å²) < 4.78 is 43.1. The lowest BCUT2D eigenvalue weighted by molar-refractivity contribution is -0.141. The predicted molar refractivity (Wildman–Crippen MR) is 228 cm³/mol. The van der Waals surface area contributed by atoms with Gasteiger partial charge in [-0.1, -0.05) is 25.3 Å². The normalized spacial score (nSPS) is 19.6. The van der Waals surface area contributed by atoms with Crippen molar-refractivity contribution in [1.82, 2.24) is 9.80 Å². The van der Waals surface area contributed by atoms with E-state index in [1.165, 1.54) is 69.8 Å². The number of hydrogen-bond acceptors (Lipinski definition) is 15. The third kappa shape index (κ3) is 10.8. The third-order valence-corrected chi connectivity index (χ3v) is 10.9. The highest BCUT2D eigenvalue weighted by Gasteiger charge is 2.47. The molecule has 20 heteroatoms. The molecule has 0 spiro atoms. The first-order valence-electron chi connectivity index (χ1n) is 20.8. The third-order valence-electron chi connectivity index (χ3n) is 10.9. The molecule has 0 radical (unpaired) electrons. The fraction of sp³-hybridized carbons (Fsp3) is 0.500. The first-order chi connectivity index (χ1) is 30.8. The lowest BCUT2D eigenvalue weighted by atomic mass is 10.1. The molecule has 0 aliphatic carbocycles. The molecule has 2 aromatic carbocycles. The molecule has 2 aromatic rings. The van der Waals surface area contributed by atoms with Crippen LogP contribution < -0.4 is 28.7 Å². The Kier molecular flexibility index (Phi) is 17.2. The smallest absolute Gasteiger partial charge is 0.416 e. The molecule has 4 aliphatic heterocycles. The van der Waals surface area contributed by atoms with Crippen molar-refractivity contribution < 1.29 is 76.9 Å². The maximum absolute atomic E-state index is 13.4. The Balaban J connectivity index is 0.000000241. The highest BCUT2D eigenvalue weighted by molar-refractivity contribution is 6.07. The summed E-state index contributed by atoms with van der Waals surface area (Å²) in [6.07, 6.45) is 2.91. The minimum atomic E-state index is -1.29. The van der Waals surface area contributed by atoms with E-state index in [0.717, 1.165) is 17.7 Å². The highest BCUT2D eigenvalue weighted by atomic mass is 16.6. The Morgan fingerprint density at radius 2 is 1.19 bits per heavy atom. The topological polar surface area (TPSA) is 230 Å². The van der Waals surface area contributed by atoms with Gasteiger partial charge in [-0.3, -0.25) is 19.2 Å². The predicted octanol–water partition coefficient (Wildman–Crippen LogP) is 4.75. The van der Waals surface area contributed by atoms with Gasteiger partial charge >= 0.3 is 24.1 Å². The number of benzene rings is 2. The zero-order chi connectivity index (χ0) is 46.5. The molecule has 348 valence electrons. The van der Waals surface area contributed by atoms with Crippen molar-refractivity contribution in [2.75, 3.05) is 77.8 Å². The number of ether oxygens (including phenoxy) is 8. The molecule has 20 nitrogen and oxygen atoms in total. The average Bonchev–Trinajstić information content (AvgIpc) is 3.97. The van der Waals surface area contributed by atoms with E-state index in [0.29, 0.717) is 43.9 Å². The fourth-order valence-corrected chi connectivity index (χ4v) is 7.99. The van der Waals surface area contributed by atoms with E-state index >= 15 is 0 Å². The number of aliphatic hydroxyl groups excluding tert-OH is 1. The highest BCUT2D eigenvalue weighted by Crippen LogP contribution is 2.43. The van der Waals surface area contributed by atoms with Gasteiger partial charge < -0.3 is 57.9 Å². The minimum Gasteiger partial charge on any atom is -0.493 e. The summed E-state index contributed by atoms with van der Waals surface area (Å²) in [5.41, 5.74) is 0.901. The van der Waals surface area contributed by atoms with Crippen LogP contribution in [0, 0.1) is 0 Å². The molecular weight excluding hydrogens is 840 g/mol. The first kappa shape index (κ1) is 48.5. The monoisotopic (exact) mass is 896 g/mol. The van der Waals surface area contributed by atoms with Crippen molar-refractivity contribution in [2.45, 2.75) is 75.9 Å². The van der Waals surface area contributed by atoms with Crippen molar-refractivity contribution in [3.05, 3.63) is 60.7 Å². The number of carboxylic acids is 1. The molecule has 4 amide bonds. The van der Waals surface area contributed by atoms with Gasteiger partial charge in [0, 0.05) is 45.2 Å². The number of carbonyl (C=O) groups excluding carboxylic acids is 5. The molecule has 4 aliphatic rings. The second-order valence-corrected chi connectivity index (χ2v) is 14.8. The van der Waals surface area contributed by atoms with Crippen LogP contribution in [0.4, 0.5) is 21.0 Å². The average molecular weight is 897 g/mol. The Bertz CT molecular complexity index is 2060. The number of rotatable bonds is 17. The Labute approximate surface area is 370 Å². The first-order valence-corrected chi connectivity index (χ1v) is 20.8. The van der Waals surface area contributed by atoms with Crippen LogP contribution >= 0.6 is 0 Å². The number of aliphatic hydroxyl groups is 1. The number of aliphatic carboxylic acids is 1. The molecule has 0 aromatic heterocycles. The number of carbonyl (C=O) groups is 6. The summed E-state index contributed by atoms with van der Waals surface area (Å²) in [7, 11) is 5.68. The second-order valence-electron chi connectivity index (χ2n) is 14.8. The number of methoxy groups -OCH3 is 4. The summed E-state index contributed by atoms with van der Waals surface area (Å²) >= 11 is 0. The van der Waals surface area contributed by atoms with Gasteiger partial charge in [0.05, 0.1) is 69.1 Å². The number of amides is 4. The van der Waals surface area contributed by atoms with E-state index in [1.807, 2.05) is 0 Å². The van der Waals surface area contributed by atoms with E-state index in [4.69, 9.17) is 38.3 Å². The maximum Gasteiger partial charge on any atom is 0.416 e. The van der Waals surface area contributed by atoms with Crippen LogP contribution in [-0.4, -0.2) is 148 Å².